The van der Waals surface area contributed by atoms with Crippen LogP contribution in [0.15, 0.2) is 6.20 Å². The molecule has 0 aliphatic carbocycles. The minimum atomic E-state index is -1.37. The first kappa shape index (κ1) is 14.3. The Balaban J connectivity index is 2.23. The molecule has 0 bridgehead atoms. The fourth-order valence-corrected chi connectivity index (χ4v) is 1.86. The molecule has 110 valence electrons. The van der Waals surface area contributed by atoms with Crippen molar-refractivity contribution in [3.63, 3.8) is 0 Å². The van der Waals surface area contributed by atoms with Gasteiger partial charge in [0.25, 0.3) is 0 Å². The first-order chi connectivity index (χ1) is 9.45. The van der Waals surface area contributed by atoms with Crippen LogP contribution in [0, 0.1) is 10.1 Å². The van der Waals surface area contributed by atoms with Crippen molar-refractivity contribution in [2.75, 3.05) is 17.7 Å². The Kier molecular flexibility index (Phi) is 3.94. The highest BCUT2D eigenvalue weighted by atomic mass is 16.6. The Labute approximate surface area is 112 Å². The molecule has 0 spiro atoms. The summed E-state index contributed by atoms with van der Waals surface area (Å²) < 4.78 is 5.14. The standard InChI is InChI=1S/C9H13N5O6/c10-8-5(14(18)19)3(1-11-13-8)12-9-7(17)6(16)4(2-15)20-9/h1,4,6-7,9,15-17H,2H2,(H3,10,12,13)/t4-,6-,7-,9-/m1/s1. The van der Waals surface area contributed by atoms with E-state index < -0.39 is 47.6 Å². The van der Waals surface area contributed by atoms with E-state index in [2.05, 4.69) is 15.5 Å². The highest BCUT2D eigenvalue weighted by Gasteiger charge is 2.43. The van der Waals surface area contributed by atoms with Gasteiger partial charge in [-0.2, -0.15) is 5.10 Å². The summed E-state index contributed by atoms with van der Waals surface area (Å²) in [5.74, 6) is -0.397. The second kappa shape index (κ2) is 5.50. The normalized spacial score (nSPS) is 29.4. The van der Waals surface area contributed by atoms with Gasteiger partial charge in [-0.3, -0.25) is 10.1 Å². The molecule has 0 radical (unpaired) electrons. The number of ether oxygens (including phenoxy) is 1. The molecule has 1 aromatic rings. The molecular weight excluding hydrogens is 274 g/mol. The zero-order valence-electron chi connectivity index (χ0n) is 10.1. The van der Waals surface area contributed by atoms with Gasteiger partial charge in [-0.25, -0.2) is 0 Å². The number of nitro groups is 1. The van der Waals surface area contributed by atoms with Gasteiger partial charge in [0.1, 0.15) is 24.0 Å². The minimum absolute atomic E-state index is 0.114. The molecular formula is C9H13N5O6. The number of aliphatic hydroxyl groups excluding tert-OH is 3. The molecule has 1 aliphatic rings. The maximum atomic E-state index is 10.9. The van der Waals surface area contributed by atoms with Crippen molar-refractivity contribution in [1.82, 2.24) is 10.2 Å². The Morgan fingerprint density at radius 3 is 2.75 bits per heavy atom. The summed E-state index contributed by atoms with van der Waals surface area (Å²) in [6.07, 6.45) is -3.79. The molecule has 20 heavy (non-hydrogen) atoms. The summed E-state index contributed by atoms with van der Waals surface area (Å²) in [7, 11) is 0. The molecule has 1 saturated heterocycles. The third-order valence-corrected chi connectivity index (χ3v) is 2.87. The SMILES string of the molecule is Nc1nncc(N[C@@H]2O[C@H](CO)[C@@H](O)[C@H]2O)c1[N+](=O)[O-]. The van der Waals surface area contributed by atoms with Crippen LogP contribution in [0.5, 0.6) is 0 Å². The lowest BCUT2D eigenvalue weighted by molar-refractivity contribution is -0.383. The molecule has 1 fully saturated rings. The van der Waals surface area contributed by atoms with Gasteiger partial charge in [0.05, 0.1) is 17.7 Å². The van der Waals surface area contributed by atoms with Gasteiger partial charge >= 0.3 is 5.69 Å². The van der Waals surface area contributed by atoms with Crippen molar-refractivity contribution in [1.29, 1.82) is 0 Å². The molecule has 0 aromatic carbocycles. The van der Waals surface area contributed by atoms with Crippen LogP contribution < -0.4 is 11.1 Å². The topological polar surface area (TPSA) is 177 Å². The third-order valence-electron chi connectivity index (χ3n) is 2.87. The lowest BCUT2D eigenvalue weighted by Gasteiger charge is -2.17. The van der Waals surface area contributed by atoms with Crippen LogP contribution in [0.3, 0.4) is 0 Å². The Hall–Kier alpha value is -2.08. The summed E-state index contributed by atoms with van der Waals surface area (Å²) >= 11 is 0. The largest absolute Gasteiger partial charge is 0.394 e. The molecule has 11 heteroatoms. The number of rotatable bonds is 4. The van der Waals surface area contributed by atoms with Crippen LogP contribution in [-0.2, 0) is 4.74 Å². The van der Waals surface area contributed by atoms with Crippen LogP contribution in [0.2, 0.25) is 0 Å². The lowest BCUT2D eigenvalue weighted by atomic mass is 10.1. The van der Waals surface area contributed by atoms with E-state index in [0.717, 1.165) is 6.20 Å². The van der Waals surface area contributed by atoms with E-state index in [1.165, 1.54) is 0 Å². The summed E-state index contributed by atoms with van der Waals surface area (Å²) in [5, 5.41) is 48.5. The molecule has 11 nitrogen and oxygen atoms in total. The molecule has 1 aliphatic heterocycles. The van der Waals surface area contributed by atoms with E-state index in [1.54, 1.807) is 0 Å². The Morgan fingerprint density at radius 1 is 1.50 bits per heavy atom. The monoisotopic (exact) mass is 287 g/mol. The van der Waals surface area contributed by atoms with Crippen molar-refractivity contribution in [2.45, 2.75) is 24.5 Å². The summed E-state index contributed by atoms with van der Waals surface area (Å²) in [4.78, 5) is 10.2. The summed E-state index contributed by atoms with van der Waals surface area (Å²) in [5.41, 5.74) is 4.73. The number of aliphatic hydroxyl groups is 3. The Bertz CT molecular complexity index is 514. The number of nitrogens with zero attached hydrogens (tertiary/aromatic N) is 3. The van der Waals surface area contributed by atoms with Gasteiger partial charge in [0, 0.05) is 0 Å². The van der Waals surface area contributed by atoms with Crippen LogP contribution in [-0.4, -0.2) is 61.6 Å². The van der Waals surface area contributed by atoms with Crippen LogP contribution in [0.4, 0.5) is 17.2 Å². The van der Waals surface area contributed by atoms with Crippen molar-refractivity contribution < 1.29 is 25.0 Å². The average molecular weight is 287 g/mol. The van der Waals surface area contributed by atoms with Crippen LogP contribution in [0.25, 0.3) is 0 Å². The van der Waals surface area contributed by atoms with Crippen molar-refractivity contribution in [3.05, 3.63) is 16.3 Å². The minimum Gasteiger partial charge on any atom is -0.394 e. The van der Waals surface area contributed by atoms with E-state index in [4.69, 9.17) is 15.6 Å². The number of aromatic nitrogens is 2. The van der Waals surface area contributed by atoms with E-state index in [-0.39, 0.29) is 5.69 Å². The quantitative estimate of drug-likeness (QED) is 0.302. The first-order valence-electron chi connectivity index (χ1n) is 5.60. The maximum absolute atomic E-state index is 10.9. The van der Waals surface area contributed by atoms with Crippen molar-refractivity contribution in [3.8, 4) is 0 Å². The summed E-state index contributed by atoms with van der Waals surface area (Å²) in [6, 6.07) is 0. The van der Waals surface area contributed by atoms with Gasteiger partial charge in [-0.05, 0) is 0 Å². The van der Waals surface area contributed by atoms with Gasteiger partial charge in [-0.15, -0.1) is 5.10 Å². The molecule has 0 unspecified atom stereocenters. The predicted octanol–water partition coefficient (Wildman–Crippen LogP) is -2.18. The van der Waals surface area contributed by atoms with Crippen LogP contribution in [0.1, 0.15) is 0 Å². The molecule has 2 heterocycles. The molecule has 2 rings (SSSR count). The van der Waals surface area contributed by atoms with E-state index >= 15 is 0 Å². The third kappa shape index (κ3) is 2.46. The van der Waals surface area contributed by atoms with Crippen LogP contribution >= 0.6 is 0 Å². The van der Waals surface area contributed by atoms with E-state index in [0.29, 0.717) is 0 Å². The number of hydrogen-bond donors (Lipinski definition) is 5. The van der Waals surface area contributed by atoms with Gasteiger partial charge in [0.2, 0.25) is 5.82 Å². The molecule has 4 atom stereocenters. The highest BCUT2D eigenvalue weighted by molar-refractivity contribution is 5.70. The second-order valence-corrected chi connectivity index (χ2v) is 4.15. The fourth-order valence-electron chi connectivity index (χ4n) is 1.86. The summed E-state index contributed by atoms with van der Waals surface area (Å²) in [6.45, 7) is -0.505. The zero-order chi connectivity index (χ0) is 14.9. The highest BCUT2D eigenvalue weighted by Crippen LogP contribution is 2.30. The number of nitrogen functional groups attached to an aromatic ring is 1. The number of hydrogen-bond acceptors (Lipinski definition) is 10. The molecule has 1 aromatic heterocycles. The number of nitrogens with two attached hydrogens (primary N) is 1. The second-order valence-electron chi connectivity index (χ2n) is 4.15. The van der Waals surface area contributed by atoms with E-state index in [1.807, 2.05) is 0 Å². The van der Waals surface area contributed by atoms with Gasteiger partial charge in [0.15, 0.2) is 6.23 Å². The van der Waals surface area contributed by atoms with Gasteiger partial charge < -0.3 is 31.1 Å². The number of anilines is 2. The predicted molar refractivity (Wildman–Crippen MR) is 64.5 cm³/mol. The van der Waals surface area contributed by atoms with Gasteiger partial charge in [-0.1, -0.05) is 0 Å². The lowest BCUT2D eigenvalue weighted by Crippen LogP contribution is -2.36. The average Bonchev–Trinajstić information content (AvgIpc) is 2.66. The smallest absolute Gasteiger partial charge is 0.337 e. The maximum Gasteiger partial charge on any atom is 0.337 e. The Morgan fingerprint density at radius 2 is 2.20 bits per heavy atom. The van der Waals surface area contributed by atoms with Crippen molar-refractivity contribution in [2.24, 2.45) is 0 Å². The van der Waals surface area contributed by atoms with Crippen molar-refractivity contribution >= 4 is 17.2 Å². The van der Waals surface area contributed by atoms with E-state index in [9.17, 15) is 20.3 Å². The zero-order valence-corrected chi connectivity index (χ0v) is 10.1. The first-order valence-corrected chi connectivity index (χ1v) is 5.60. The molecule has 0 amide bonds. The molecule has 6 N–H and O–H groups in total. The fraction of sp³-hybridized carbons (Fsp3) is 0.556. The molecule has 0 saturated carbocycles. The number of nitrogens with one attached hydrogen (secondary N) is 1.